The van der Waals surface area contributed by atoms with E-state index < -0.39 is 0 Å². The highest BCUT2D eigenvalue weighted by atomic mass is 32.1. The molecule has 4 nitrogen and oxygen atoms in total. The van der Waals surface area contributed by atoms with Gasteiger partial charge in [0.15, 0.2) is 6.04 Å². The predicted molar refractivity (Wildman–Crippen MR) is 106 cm³/mol. The van der Waals surface area contributed by atoms with Crippen molar-refractivity contribution in [2.75, 3.05) is 5.32 Å². The number of thiophene rings is 1. The van der Waals surface area contributed by atoms with Crippen LogP contribution in [0.3, 0.4) is 0 Å². The highest BCUT2D eigenvalue weighted by Crippen LogP contribution is 2.38. The number of nitrogens with one attached hydrogen (secondary N) is 2. The third kappa shape index (κ3) is 3.02. The van der Waals surface area contributed by atoms with E-state index in [4.69, 9.17) is 0 Å². The Bertz CT molecular complexity index is 1060. The van der Waals surface area contributed by atoms with Crippen LogP contribution in [0.25, 0.3) is 10.9 Å². The molecule has 4 rings (SSSR count). The Kier molecular flexibility index (Phi) is 4.31. The van der Waals surface area contributed by atoms with Gasteiger partial charge in [0.05, 0.1) is 11.1 Å². The second kappa shape index (κ2) is 6.77. The van der Waals surface area contributed by atoms with Gasteiger partial charge in [0, 0.05) is 22.7 Å². The summed E-state index contributed by atoms with van der Waals surface area (Å²) in [7, 11) is 0. The van der Waals surface area contributed by atoms with Gasteiger partial charge in [-0.2, -0.15) is 0 Å². The Morgan fingerprint density at radius 3 is 2.65 bits per heavy atom. The number of H-pyrrole nitrogens is 1. The van der Waals surface area contributed by atoms with Crippen LogP contribution in [0.4, 0.5) is 5.82 Å². The van der Waals surface area contributed by atoms with E-state index >= 15 is 0 Å². The van der Waals surface area contributed by atoms with Crippen LogP contribution in [0.15, 0.2) is 60.1 Å². The molecule has 4 aromatic rings. The summed E-state index contributed by atoms with van der Waals surface area (Å²) >= 11 is 1.68. The molecule has 0 fully saturated rings. The molecule has 1 aromatic carbocycles. The van der Waals surface area contributed by atoms with Gasteiger partial charge in [-0.3, -0.25) is 5.32 Å². The second-order valence-corrected chi connectivity index (χ2v) is 7.30. The molecule has 26 heavy (non-hydrogen) atoms. The number of hydrogen-bond donors (Lipinski definition) is 2. The number of aromatic nitrogens is 2. The van der Waals surface area contributed by atoms with Crippen LogP contribution in [0.1, 0.15) is 27.7 Å². The SMILES string of the molecule is Cc1ccc2ccc([C@H](Nc3cccc[nH+]3)c3sccc3C)c(O)c2n1. The molecule has 0 aliphatic carbocycles. The summed E-state index contributed by atoms with van der Waals surface area (Å²) in [6.07, 6.45) is 1.88. The number of nitrogens with zero attached hydrogens (tertiary/aromatic N) is 1. The lowest BCUT2D eigenvalue weighted by Crippen LogP contribution is -2.18. The quantitative estimate of drug-likeness (QED) is 0.556. The molecule has 0 amide bonds. The van der Waals surface area contributed by atoms with Crippen molar-refractivity contribution in [3.8, 4) is 5.75 Å². The minimum absolute atomic E-state index is 0.166. The highest BCUT2D eigenvalue weighted by Gasteiger charge is 2.26. The topological polar surface area (TPSA) is 59.3 Å². The number of aromatic hydroxyl groups is 1. The Balaban J connectivity index is 1.87. The Morgan fingerprint density at radius 2 is 1.92 bits per heavy atom. The molecule has 0 aliphatic rings. The van der Waals surface area contributed by atoms with Crippen LogP contribution in [0.5, 0.6) is 5.75 Å². The lowest BCUT2D eigenvalue weighted by molar-refractivity contribution is -0.361. The smallest absolute Gasteiger partial charge is 0.272 e. The maximum absolute atomic E-state index is 11.0. The first-order valence-corrected chi connectivity index (χ1v) is 9.38. The zero-order chi connectivity index (χ0) is 18.1. The number of phenols is 1. The predicted octanol–water partition coefficient (Wildman–Crippen LogP) is 4.63. The standard InChI is InChI=1S/C21H19N3OS/c1-13-10-12-26-21(13)19(24-17-5-3-4-11-22-17)16-9-8-15-7-6-14(2)23-18(15)20(16)25/h3-12,19,25H,1-2H3,(H,22,24)/p+1/t19-/m0/s1. The van der Waals surface area contributed by atoms with Gasteiger partial charge in [-0.1, -0.05) is 18.2 Å². The summed E-state index contributed by atoms with van der Waals surface area (Å²) in [5, 5.41) is 17.5. The molecular weight excluding hydrogens is 342 g/mol. The minimum atomic E-state index is -0.166. The zero-order valence-electron chi connectivity index (χ0n) is 14.7. The number of anilines is 1. The molecule has 0 radical (unpaired) electrons. The molecule has 3 aromatic heterocycles. The van der Waals surface area contributed by atoms with E-state index in [9.17, 15) is 5.11 Å². The van der Waals surface area contributed by atoms with Crippen LogP contribution in [0, 0.1) is 13.8 Å². The van der Waals surface area contributed by atoms with Gasteiger partial charge >= 0.3 is 0 Å². The molecule has 0 aliphatic heterocycles. The number of rotatable bonds is 4. The third-order valence-corrected chi connectivity index (χ3v) is 5.57. The van der Waals surface area contributed by atoms with E-state index in [0.717, 1.165) is 22.5 Å². The fourth-order valence-corrected chi connectivity index (χ4v) is 4.12. The van der Waals surface area contributed by atoms with Crippen molar-refractivity contribution < 1.29 is 10.1 Å². The molecule has 0 saturated carbocycles. The molecule has 0 unspecified atom stereocenters. The number of fused-ring (bicyclic) bond motifs is 1. The Hall–Kier alpha value is -2.92. The van der Waals surface area contributed by atoms with Gasteiger partial charge in [0.25, 0.3) is 5.82 Å². The summed E-state index contributed by atoms with van der Waals surface area (Å²) in [4.78, 5) is 8.93. The number of aryl methyl sites for hydroxylation is 2. The number of benzene rings is 1. The van der Waals surface area contributed by atoms with E-state index in [-0.39, 0.29) is 11.8 Å². The largest absolute Gasteiger partial charge is 0.505 e. The van der Waals surface area contributed by atoms with Crippen molar-refractivity contribution in [1.82, 2.24) is 4.98 Å². The van der Waals surface area contributed by atoms with Crippen molar-refractivity contribution >= 4 is 28.1 Å². The Morgan fingerprint density at radius 1 is 1.08 bits per heavy atom. The average molecular weight is 362 g/mol. The Labute approximate surface area is 156 Å². The number of pyridine rings is 2. The summed E-state index contributed by atoms with van der Waals surface area (Å²) < 4.78 is 0. The fourth-order valence-electron chi connectivity index (χ4n) is 3.12. The van der Waals surface area contributed by atoms with Gasteiger partial charge in [0.1, 0.15) is 11.3 Å². The first-order chi connectivity index (χ1) is 12.6. The minimum Gasteiger partial charge on any atom is -0.505 e. The van der Waals surface area contributed by atoms with Crippen molar-refractivity contribution in [2.24, 2.45) is 0 Å². The van der Waals surface area contributed by atoms with E-state index in [0.29, 0.717) is 5.52 Å². The van der Waals surface area contributed by atoms with Gasteiger partial charge in [-0.15, -0.1) is 11.3 Å². The highest BCUT2D eigenvalue weighted by molar-refractivity contribution is 7.10. The molecule has 0 spiro atoms. The van der Waals surface area contributed by atoms with E-state index in [1.807, 2.05) is 55.6 Å². The first-order valence-electron chi connectivity index (χ1n) is 8.50. The van der Waals surface area contributed by atoms with Crippen LogP contribution < -0.4 is 10.3 Å². The number of phenolic OH excluding ortho intramolecular Hbond substituents is 1. The third-order valence-electron chi connectivity index (χ3n) is 4.49. The monoisotopic (exact) mass is 362 g/mol. The maximum atomic E-state index is 11.0. The molecular formula is C21H20N3OS+. The molecule has 0 saturated heterocycles. The van der Waals surface area contributed by atoms with Gasteiger partial charge in [-0.25, -0.2) is 9.97 Å². The molecule has 0 bridgehead atoms. The molecule has 5 heteroatoms. The lowest BCUT2D eigenvalue weighted by Gasteiger charge is -2.17. The van der Waals surface area contributed by atoms with Crippen LogP contribution in [0.2, 0.25) is 0 Å². The summed E-state index contributed by atoms with van der Waals surface area (Å²) in [6, 6.07) is 15.8. The summed E-state index contributed by atoms with van der Waals surface area (Å²) in [5.41, 5.74) is 3.54. The maximum Gasteiger partial charge on any atom is 0.272 e. The van der Waals surface area contributed by atoms with E-state index in [1.54, 1.807) is 11.3 Å². The van der Waals surface area contributed by atoms with Crippen molar-refractivity contribution in [1.29, 1.82) is 0 Å². The van der Waals surface area contributed by atoms with E-state index in [1.165, 1.54) is 10.4 Å². The lowest BCUT2D eigenvalue weighted by atomic mass is 9.99. The summed E-state index contributed by atoms with van der Waals surface area (Å²) in [5.74, 6) is 1.12. The van der Waals surface area contributed by atoms with Crippen molar-refractivity contribution in [3.05, 3.63) is 81.8 Å². The normalized spacial score (nSPS) is 12.2. The second-order valence-electron chi connectivity index (χ2n) is 6.35. The molecule has 3 heterocycles. The van der Waals surface area contributed by atoms with Crippen LogP contribution in [-0.4, -0.2) is 10.1 Å². The molecule has 1 atom stereocenters. The van der Waals surface area contributed by atoms with E-state index in [2.05, 4.69) is 33.7 Å². The van der Waals surface area contributed by atoms with Crippen LogP contribution >= 0.6 is 11.3 Å². The average Bonchev–Trinajstić information content (AvgIpc) is 3.08. The van der Waals surface area contributed by atoms with Crippen molar-refractivity contribution in [3.63, 3.8) is 0 Å². The van der Waals surface area contributed by atoms with Crippen LogP contribution in [-0.2, 0) is 0 Å². The molecule has 130 valence electrons. The summed E-state index contributed by atoms with van der Waals surface area (Å²) in [6.45, 7) is 4.03. The fraction of sp³-hybridized carbons (Fsp3) is 0.143. The van der Waals surface area contributed by atoms with Crippen molar-refractivity contribution in [2.45, 2.75) is 19.9 Å². The molecule has 3 N–H and O–H groups in total. The zero-order valence-corrected chi connectivity index (χ0v) is 15.5. The number of aromatic amines is 1. The first kappa shape index (κ1) is 16.5. The number of hydrogen-bond acceptors (Lipinski definition) is 4. The van der Waals surface area contributed by atoms with Gasteiger partial charge in [0.2, 0.25) is 0 Å². The van der Waals surface area contributed by atoms with Gasteiger partial charge < -0.3 is 5.11 Å². The van der Waals surface area contributed by atoms with Gasteiger partial charge in [-0.05, 0) is 49.1 Å².